The molecule has 0 saturated carbocycles. The zero-order valence-corrected chi connectivity index (χ0v) is 40.0. The normalized spacial score (nSPS) is 12.6. The van der Waals surface area contributed by atoms with E-state index in [0.29, 0.717) is 11.1 Å². The van der Waals surface area contributed by atoms with Crippen molar-refractivity contribution in [1.29, 1.82) is 0 Å². The number of hydrogen-bond acceptors (Lipinski definition) is 9. The lowest BCUT2D eigenvalue weighted by atomic mass is 9.85. The summed E-state index contributed by atoms with van der Waals surface area (Å²) < 4.78 is 16.2. The molecule has 0 aliphatic heterocycles. The van der Waals surface area contributed by atoms with Gasteiger partial charge in [-0.3, -0.25) is 38.6 Å². The molecular formula is C54H51N4O14P. The number of carboxylic acids is 3. The van der Waals surface area contributed by atoms with Crippen molar-refractivity contribution in [2.24, 2.45) is 0 Å². The van der Waals surface area contributed by atoms with E-state index >= 15 is 0 Å². The molecule has 0 aliphatic rings. The second-order valence-electron chi connectivity index (χ2n) is 16.8. The highest BCUT2D eigenvalue weighted by molar-refractivity contribution is 7.46. The lowest BCUT2D eigenvalue weighted by molar-refractivity contribution is -0.148. The first-order chi connectivity index (χ1) is 34.8. The number of aryl methyl sites for hydroxylation is 1. The van der Waals surface area contributed by atoms with Gasteiger partial charge in [0.05, 0.1) is 12.8 Å². The van der Waals surface area contributed by atoms with E-state index in [4.69, 9.17) is 0 Å². The van der Waals surface area contributed by atoms with Gasteiger partial charge in [-0.25, -0.2) is 9.36 Å². The topological polar surface area (TPSA) is 295 Å². The number of carbonyl (C=O) groups is 7. The van der Waals surface area contributed by atoms with Crippen LogP contribution in [0.15, 0.2) is 164 Å². The summed E-state index contributed by atoms with van der Waals surface area (Å²) in [6.45, 7) is 1.82. The number of hydrogen-bond donors (Lipinski definition) is 9. The number of amides is 4. The highest BCUT2D eigenvalue weighted by atomic mass is 31.2. The largest absolute Gasteiger partial charge is 0.524 e. The van der Waals surface area contributed by atoms with E-state index in [9.17, 15) is 63.2 Å². The molecule has 9 N–H and O–H groups in total. The minimum atomic E-state index is -4.93. The summed E-state index contributed by atoms with van der Waals surface area (Å²) >= 11 is 0. The average Bonchev–Trinajstić information content (AvgIpc) is 3.36. The standard InChI is InChI=1S/C54H51N4O14P/c1-33-17-19-34(20-18-33)29-43(52(65)57-44(31-46(59)60)53(66)58-45(54(67)68)32-47(61)62)56-51(64)42(30-35-21-27-41(28-22-35)72-73(69,70)71)55-50(63)40-25-23-39(24-26-40)49(38-15-9-4-10-16-38)48(36-11-5-2-6-12-36)37-13-7-3-8-14-37/h2-28,42-45H,29-32H2,1H3,(H,55,63)(H,56,64)(H,57,65)(H,58,66)(H,59,60)(H,61,62)(H,67,68)(H2,69,70,71)/t42?,43?,44-,45-/m0/s1. The fraction of sp³-hybridized carbons (Fsp3) is 0.167. The zero-order valence-electron chi connectivity index (χ0n) is 39.1. The molecule has 0 saturated heterocycles. The van der Waals surface area contributed by atoms with Crippen LogP contribution in [0.3, 0.4) is 0 Å². The van der Waals surface area contributed by atoms with Gasteiger partial charge >= 0.3 is 25.7 Å². The fourth-order valence-corrected chi connectivity index (χ4v) is 8.16. The molecule has 0 fully saturated rings. The number of carbonyl (C=O) groups excluding carboxylic acids is 4. The molecule has 18 nitrogen and oxygen atoms in total. The van der Waals surface area contributed by atoms with Gasteiger partial charge in [-0.1, -0.05) is 145 Å². The summed E-state index contributed by atoms with van der Waals surface area (Å²) in [5, 5.41) is 37.9. The van der Waals surface area contributed by atoms with E-state index in [-0.39, 0.29) is 24.2 Å². The lowest BCUT2D eigenvalue weighted by Gasteiger charge is -2.26. The minimum Gasteiger partial charge on any atom is -0.481 e. The van der Waals surface area contributed by atoms with Crippen LogP contribution in [0.2, 0.25) is 0 Å². The Balaban J connectivity index is 1.34. The predicted molar refractivity (Wildman–Crippen MR) is 268 cm³/mol. The summed E-state index contributed by atoms with van der Waals surface area (Å²) in [4.78, 5) is 110. The molecular weight excluding hydrogens is 960 g/mol. The lowest BCUT2D eigenvalue weighted by Crippen LogP contribution is -2.59. The second-order valence-corrected chi connectivity index (χ2v) is 18.0. The van der Waals surface area contributed by atoms with Crippen LogP contribution in [0.1, 0.15) is 62.1 Å². The fourth-order valence-electron chi connectivity index (χ4n) is 7.77. The second kappa shape index (κ2) is 24.9. The SMILES string of the molecule is Cc1ccc(CC(NC(=O)C(Cc2ccc(OP(=O)(O)O)cc2)NC(=O)c2ccc(C(=C(c3ccccc3)c3ccccc3)c3ccccc3)cc2)C(=O)N[C@@H](CC(=O)O)C(=O)N[C@@H](CC(=O)O)C(=O)O)cc1. The molecule has 0 spiro atoms. The van der Waals surface area contributed by atoms with E-state index in [2.05, 4.69) is 20.5 Å². The molecule has 0 aliphatic carbocycles. The van der Waals surface area contributed by atoms with Crippen molar-refractivity contribution in [2.75, 3.05) is 0 Å². The van der Waals surface area contributed by atoms with Gasteiger partial charge in [-0.15, -0.1) is 0 Å². The van der Waals surface area contributed by atoms with E-state index in [0.717, 1.165) is 39.0 Å². The van der Waals surface area contributed by atoms with Gasteiger partial charge in [0.25, 0.3) is 5.91 Å². The van der Waals surface area contributed by atoms with Gasteiger partial charge in [0.1, 0.15) is 29.9 Å². The van der Waals surface area contributed by atoms with E-state index in [1.807, 2.05) is 103 Å². The van der Waals surface area contributed by atoms with Crippen molar-refractivity contribution in [3.63, 3.8) is 0 Å². The molecule has 6 rings (SSSR count). The molecule has 6 aromatic rings. The number of benzene rings is 6. The quantitative estimate of drug-likeness (QED) is 0.0281. The first-order valence-corrected chi connectivity index (χ1v) is 24.2. The van der Waals surface area contributed by atoms with Crippen molar-refractivity contribution >= 4 is 60.5 Å². The summed E-state index contributed by atoms with van der Waals surface area (Å²) in [6, 6.07) is 41.3. The number of aliphatic carboxylic acids is 3. The molecule has 0 heterocycles. The van der Waals surface area contributed by atoms with E-state index in [1.54, 1.807) is 48.5 Å². The number of phosphoric ester groups is 1. The van der Waals surface area contributed by atoms with Gasteiger partial charge < -0.3 is 41.1 Å². The maximum Gasteiger partial charge on any atom is 0.524 e. The van der Waals surface area contributed by atoms with Crippen LogP contribution in [0, 0.1) is 6.92 Å². The molecule has 376 valence electrons. The Labute approximate surface area is 419 Å². The Morgan fingerprint density at radius 1 is 0.452 bits per heavy atom. The molecule has 4 atom stereocenters. The van der Waals surface area contributed by atoms with Crippen molar-refractivity contribution in [3.05, 3.63) is 208 Å². The smallest absolute Gasteiger partial charge is 0.481 e. The third kappa shape index (κ3) is 15.9. The van der Waals surface area contributed by atoms with Gasteiger partial charge in [0, 0.05) is 18.4 Å². The van der Waals surface area contributed by atoms with Gasteiger partial charge in [-0.2, -0.15) is 0 Å². The Kier molecular flexibility index (Phi) is 18.3. The first-order valence-electron chi connectivity index (χ1n) is 22.6. The van der Waals surface area contributed by atoms with Crippen LogP contribution in [0.25, 0.3) is 11.1 Å². The summed E-state index contributed by atoms with van der Waals surface area (Å²) in [5.41, 5.74) is 7.23. The summed E-state index contributed by atoms with van der Waals surface area (Å²) in [6.07, 6.45) is -2.62. The van der Waals surface area contributed by atoms with Crippen LogP contribution in [0.5, 0.6) is 5.75 Å². The maximum atomic E-state index is 14.6. The average molecular weight is 1010 g/mol. The predicted octanol–water partition coefficient (Wildman–Crippen LogP) is 5.55. The van der Waals surface area contributed by atoms with Crippen LogP contribution >= 0.6 is 7.82 Å². The van der Waals surface area contributed by atoms with Crippen LogP contribution < -0.4 is 25.8 Å². The number of phosphoric acid groups is 1. The molecule has 0 aromatic heterocycles. The Morgan fingerprint density at radius 3 is 1.23 bits per heavy atom. The highest BCUT2D eigenvalue weighted by Crippen LogP contribution is 2.38. The molecule has 2 unspecified atom stereocenters. The third-order valence-corrected chi connectivity index (χ3v) is 11.7. The van der Waals surface area contributed by atoms with Gasteiger partial charge in [-0.05, 0) is 75.7 Å². The molecule has 0 bridgehead atoms. The summed E-state index contributed by atoms with van der Waals surface area (Å²) in [7, 11) is -4.93. The van der Waals surface area contributed by atoms with Crippen molar-refractivity contribution in [2.45, 2.75) is 56.8 Å². The molecule has 0 radical (unpaired) electrons. The third-order valence-electron chi connectivity index (χ3n) is 11.3. The first kappa shape index (κ1) is 53.6. The van der Waals surface area contributed by atoms with Crippen LogP contribution in [0.4, 0.5) is 0 Å². The number of nitrogens with one attached hydrogen (secondary N) is 4. The van der Waals surface area contributed by atoms with Crippen molar-refractivity contribution in [1.82, 2.24) is 21.3 Å². The van der Waals surface area contributed by atoms with E-state index in [1.165, 1.54) is 24.3 Å². The van der Waals surface area contributed by atoms with Crippen molar-refractivity contribution < 1.29 is 67.8 Å². The molecule has 73 heavy (non-hydrogen) atoms. The Hall–Kier alpha value is -8.70. The zero-order chi connectivity index (χ0) is 52.7. The summed E-state index contributed by atoms with van der Waals surface area (Å²) in [5.74, 6) is -9.15. The Bertz CT molecular complexity index is 2960. The monoisotopic (exact) mass is 1010 g/mol. The van der Waals surface area contributed by atoms with Crippen LogP contribution in [-0.4, -0.2) is 90.8 Å². The van der Waals surface area contributed by atoms with Crippen LogP contribution in [-0.2, 0) is 46.2 Å². The molecule has 6 aromatic carbocycles. The highest BCUT2D eigenvalue weighted by Gasteiger charge is 2.34. The molecule has 4 amide bonds. The number of carboxylic acid groups (broad SMARTS) is 3. The van der Waals surface area contributed by atoms with Crippen molar-refractivity contribution in [3.8, 4) is 5.75 Å². The van der Waals surface area contributed by atoms with Gasteiger partial charge in [0.2, 0.25) is 17.7 Å². The minimum absolute atomic E-state index is 0.138. The molecule has 19 heteroatoms. The number of rotatable bonds is 23. The van der Waals surface area contributed by atoms with Gasteiger partial charge in [0.15, 0.2) is 0 Å². The van der Waals surface area contributed by atoms with E-state index < -0.39 is 86.4 Å². The maximum absolute atomic E-state index is 14.6. The Morgan fingerprint density at radius 2 is 0.808 bits per heavy atom.